The highest BCUT2D eigenvalue weighted by Gasteiger charge is 2.21. The van der Waals surface area contributed by atoms with Crippen molar-refractivity contribution in [3.05, 3.63) is 29.6 Å². The van der Waals surface area contributed by atoms with Gasteiger partial charge in [-0.15, -0.1) is 0 Å². The van der Waals surface area contributed by atoms with E-state index in [9.17, 15) is 9.59 Å². The van der Waals surface area contributed by atoms with Crippen molar-refractivity contribution >= 4 is 11.8 Å². The van der Waals surface area contributed by atoms with Crippen LogP contribution in [0.5, 0.6) is 0 Å². The Kier molecular flexibility index (Phi) is 2.67. The Morgan fingerprint density at radius 1 is 1.62 bits per heavy atom. The van der Waals surface area contributed by atoms with Crippen LogP contribution in [-0.2, 0) is 14.3 Å². The molecule has 0 fully saturated rings. The Labute approximate surface area is 75.4 Å². The number of methoxy groups -OCH3 is 1. The second kappa shape index (κ2) is 3.74. The lowest BCUT2D eigenvalue weighted by Gasteiger charge is -2.13. The van der Waals surface area contributed by atoms with E-state index in [4.69, 9.17) is 10.5 Å². The lowest BCUT2D eigenvalue weighted by atomic mass is 9.94. The summed E-state index contributed by atoms with van der Waals surface area (Å²) in [7, 11) is 1.48. The summed E-state index contributed by atoms with van der Waals surface area (Å²) < 4.78 is 4.89. The van der Waals surface area contributed by atoms with Gasteiger partial charge in [0, 0.05) is 0 Å². The van der Waals surface area contributed by atoms with E-state index in [-0.39, 0.29) is 5.57 Å². The second-order valence-corrected chi connectivity index (χ2v) is 2.54. The van der Waals surface area contributed by atoms with Crippen molar-refractivity contribution in [2.24, 2.45) is 11.7 Å². The third-order valence-electron chi connectivity index (χ3n) is 1.75. The lowest BCUT2D eigenvalue weighted by Crippen LogP contribution is -2.24. The Balaban J connectivity index is 3.03. The van der Waals surface area contributed by atoms with Gasteiger partial charge in [0.1, 0.15) is 11.7 Å². The SMILES string of the molecule is COC1=CC(C(N)=O)C(=C=O)C=C1. The summed E-state index contributed by atoms with van der Waals surface area (Å²) >= 11 is 0. The molecule has 1 aliphatic rings. The molecule has 0 spiro atoms. The van der Waals surface area contributed by atoms with E-state index in [1.54, 1.807) is 12.0 Å². The van der Waals surface area contributed by atoms with E-state index in [0.29, 0.717) is 5.76 Å². The average molecular weight is 179 g/mol. The van der Waals surface area contributed by atoms with Crippen molar-refractivity contribution in [3.8, 4) is 0 Å². The fourth-order valence-corrected chi connectivity index (χ4v) is 1.05. The molecule has 13 heavy (non-hydrogen) atoms. The van der Waals surface area contributed by atoms with Crippen LogP contribution in [0.15, 0.2) is 29.6 Å². The van der Waals surface area contributed by atoms with Crippen molar-refractivity contribution in [1.82, 2.24) is 0 Å². The predicted molar refractivity (Wildman–Crippen MR) is 46.1 cm³/mol. The molecule has 0 saturated carbocycles. The van der Waals surface area contributed by atoms with E-state index < -0.39 is 11.8 Å². The monoisotopic (exact) mass is 179 g/mol. The summed E-state index contributed by atoms with van der Waals surface area (Å²) in [5, 5.41) is 0. The van der Waals surface area contributed by atoms with Crippen molar-refractivity contribution in [1.29, 1.82) is 0 Å². The van der Waals surface area contributed by atoms with Gasteiger partial charge in [0.15, 0.2) is 0 Å². The molecular weight excluding hydrogens is 170 g/mol. The first-order valence-electron chi connectivity index (χ1n) is 3.67. The number of primary amides is 1. The standard InChI is InChI=1S/C9H9NO3/c1-13-7-3-2-6(5-11)8(4-7)9(10)12/h2-4,8H,1H3,(H2,10,12). The summed E-state index contributed by atoms with van der Waals surface area (Å²) in [6.07, 6.45) is 4.55. The lowest BCUT2D eigenvalue weighted by molar-refractivity contribution is -0.119. The fraction of sp³-hybridized carbons (Fsp3) is 0.222. The molecular formula is C9H9NO3. The smallest absolute Gasteiger partial charge is 0.229 e. The third kappa shape index (κ3) is 1.86. The van der Waals surface area contributed by atoms with E-state index in [1.165, 1.54) is 19.3 Å². The molecule has 1 atom stereocenters. The zero-order chi connectivity index (χ0) is 9.84. The maximum Gasteiger partial charge on any atom is 0.229 e. The molecule has 2 N–H and O–H groups in total. The minimum absolute atomic E-state index is 0.230. The minimum Gasteiger partial charge on any atom is -0.497 e. The van der Waals surface area contributed by atoms with Crippen LogP contribution >= 0.6 is 0 Å². The molecule has 1 rings (SSSR count). The zero-order valence-corrected chi connectivity index (χ0v) is 7.11. The number of hydrogen-bond donors (Lipinski definition) is 1. The van der Waals surface area contributed by atoms with Gasteiger partial charge < -0.3 is 10.5 Å². The third-order valence-corrected chi connectivity index (χ3v) is 1.75. The predicted octanol–water partition coefficient (Wildman–Crippen LogP) is -0.0540. The molecule has 1 aliphatic carbocycles. The van der Waals surface area contributed by atoms with Gasteiger partial charge >= 0.3 is 0 Å². The Hall–Kier alpha value is -1.80. The number of hydrogen-bond acceptors (Lipinski definition) is 3. The molecule has 0 aromatic heterocycles. The van der Waals surface area contributed by atoms with Crippen molar-refractivity contribution in [2.45, 2.75) is 0 Å². The highest BCUT2D eigenvalue weighted by molar-refractivity contribution is 5.86. The van der Waals surface area contributed by atoms with E-state index >= 15 is 0 Å². The summed E-state index contributed by atoms with van der Waals surface area (Å²) in [5.41, 5.74) is 5.31. The minimum atomic E-state index is -0.725. The summed E-state index contributed by atoms with van der Waals surface area (Å²) in [5.74, 6) is 0.865. The number of carbonyl (C=O) groups is 1. The Bertz CT molecular complexity index is 335. The normalized spacial score (nSPS) is 20.5. The van der Waals surface area contributed by atoms with Crippen molar-refractivity contribution in [3.63, 3.8) is 0 Å². The van der Waals surface area contributed by atoms with Crippen LogP contribution < -0.4 is 5.73 Å². The molecule has 0 aromatic rings. The van der Waals surface area contributed by atoms with Crippen LogP contribution in [0, 0.1) is 5.92 Å². The first-order chi connectivity index (χ1) is 6.19. The zero-order valence-electron chi connectivity index (χ0n) is 7.11. The Morgan fingerprint density at radius 2 is 2.31 bits per heavy atom. The molecule has 0 aromatic carbocycles. The topological polar surface area (TPSA) is 69.4 Å². The van der Waals surface area contributed by atoms with E-state index in [1.807, 2.05) is 0 Å². The van der Waals surface area contributed by atoms with Gasteiger partial charge in [0.2, 0.25) is 5.91 Å². The summed E-state index contributed by atoms with van der Waals surface area (Å²) in [6, 6.07) is 0. The highest BCUT2D eigenvalue weighted by atomic mass is 16.5. The quantitative estimate of drug-likeness (QED) is 0.604. The molecule has 0 saturated heterocycles. The summed E-state index contributed by atoms with van der Waals surface area (Å²) in [4.78, 5) is 21.3. The molecule has 0 heterocycles. The number of ether oxygens (including phenoxy) is 1. The molecule has 1 amide bonds. The number of rotatable bonds is 2. The maximum absolute atomic E-state index is 10.9. The van der Waals surface area contributed by atoms with Crippen molar-refractivity contribution < 1.29 is 14.3 Å². The van der Waals surface area contributed by atoms with Gasteiger partial charge in [-0.05, 0) is 18.2 Å². The second-order valence-electron chi connectivity index (χ2n) is 2.54. The molecule has 0 bridgehead atoms. The van der Waals surface area contributed by atoms with Crippen LogP contribution in [-0.4, -0.2) is 19.0 Å². The van der Waals surface area contributed by atoms with Gasteiger partial charge in [-0.1, -0.05) is 0 Å². The number of amides is 1. The van der Waals surface area contributed by atoms with Gasteiger partial charge in [-0.3, -0.25) is 4.79 Å². The van der Waals surface area contributed by atoms with Crippen LogP contribution in [0.25, 0.3) is 0 Å². The summed E-state index contributed by atoms with van der Waals surface area (Å²) in [6.45, 7) is 0. The van der Waals surface area contributed by atoms with Crippen LogP contribution in [0.3, 0.4) is 0 Å². The average Bonchev–Trinajstić information content (AvgIpc) is 2.16. The Morgan fingerprint density at radius 3 is 2.77 bits per heavy atom. The molecule has 1 unspecified atom stereocenters. The van der Waals surface area contributed by atoms with Gasteiger partial charge in [-0.2, -0.15) is 0 Å². The maximum atomic E-state index is 10.9. The van der Waals surface area contributed by atoms with Crippen LogP contribution in [0.1, 0.15) is 0 Å². The molecule has 0 aliphatic heterocycles. The highest BCUT2D eigenvalue weighted by Crippen LogP contribution is 2.20. The molecule has 0 radical (unpaired) electrons. The molecule has 4 nitrogen and oxygen atoms in total. The van der Waals surface area contributed by atoms with E-state index in [2.05, 4.69) is 0 Å². The molecule has 4 heteroatoms. The first-order valence-corrected chi connectivity index (χ1v) is 3.67. The van der Waals surface area contributed by atoms with E-state index in [0.717, 1.165) is 0 Å². The number of carbonyl (C=O) groups excluding carboxylic acids is 2. The number of allylic oxidation sites excluding steroid dienone is 2. The van der Waals surface area contributed by atoms with Crippen molar-refractivity contribution in [2.75, 3.05) is 7.11 Å². The number of nitrogens with two attached hydrogens (primary N) is 1. The van der Waals surface area contributed by atoms with Crippen LogP contribution in [0.4, 0.5) is 0 Å². The fourth-order valence-electron chi connectivity index (χ4n) is 1.05. The molecule has 68 valence electrons. The van der Waals surface area contributed by atoms with Gasteiger partial charge in [0.05, 0.1) is 18.6 Å². The first kappa shape index (κ1) is 9.29. The van der Waals surface area contributed by atoms with Crippen LogP contribution in [0.2, 0.25) is 0 Å². The largest absolute Gasteiger partial charge is 0.497 e. The van der Waals surface area contributed by atoms with Gasteiger partial charge in [0.25, 0.3) is 0 Å². The van der Waals surface area contributed by atoms with Gasteiger partial charge in [-0.25, -0.2) is 4.79 Å².